The minimum absolute atomic E-state index is 0.316. The first kappa shape index (κ1) is 13.7. The second kappa shape index (κ2) is 5.59. The van der Waals surface area contributed by atoms with E-state index in [1.54, 1.807) is 6.33 Å². The lowest BCUT2D eigenvalue weighted by atomic mass is 10.1. The molecule has 2 aromatic carbocycles. The first-order chi connectivity index (χ1) is 10.2. The molecular formula is C15H14F2N4. The van der Waals surface area contributed by atoms with E-state index in [9.17, 15) is 8.78 Å². The summed E-state index contributed by atoms with van der Waals surface area (Å²) in [6.07, 6.45) is 1.68. The lowest BCUT2D eigenvalue weighted by Gasteiger charge is -2.18. The number of fused-ring (bicyclic) bond motifs is 1. The van der Waals surface area contributed by atoms with Crippen molar-refractivity contribution in [3.63, 3.8) is 0 Å². The van der Waals surface area contributed by atoms with Crippen LogP contribution >= 0.6 is 0 Å². The Kier molecular flexibility index (Phi) is 3.64. The molecule has 0 fully saturated rings. The number of nitrogens with one attached hydrogen (secondary N) is 1. The molecule has 0 amide bonds. The third-order valence-electron chi connectivity index (χ3n) is 3.45. The zero-order chi connectivity index (χ0) is 14.8. The monoisotopic (exact) mass is 288 g/mol. The second-order valence-corrected chi connectivity index (χ2v) is 4.77. The van der Waals surface area contributed by atoms with Crippen molar-refractivity contribution in [2.24, 2.45) is 5.84 Å². The van der Waals surface area contributed by atoms with E-state index in [2.05, 4.69) is 10.4 Å². The van der Waals surface area contributed by atoms with Gasteiger partial charge in [0.2, 0.25) is 0 Å². The van der Waals surface area contributed by atoms with Crippen LogP contribution in [0.2, 0.25) is 0 Å². The fourth-order valence-electron chi connectivity index (χ4n) is 2.38. The van der Waals surface area contributed by atoms with Crippen LogP contribution in [0.25, 0.3) is 11.0 Å². The molecule has 3 aromatic rings. The van der Waals surface area contributed by atoms with Crippen molar-refractivity contribution >= 4 is 11.0 Å². The SMILES string of the molecule is NNC(Cn1cnc2ccccc21)c1ccc(F)cc1F. The van der Waals surface area contributed by atoms with Gasteiger partial charge in [0.25, 0.3) is 0 Å². The molecule has 6 heteroatoms. The number of hydrazine groups is 1. The highest BCUT2D eigenvalue weighted by Crippen LogP contribution is 2.21. The second-order valence-electron chi connectivity index (χ2n) is 4.77. The summed E-state index contributed by atoms with van der Waals surface area (Å²) in [6, 6.07) is 10.6. The van der Waals surface area contributed by atoms with Crippen LogP contribution in [-0.4, -0.2) is 9.55 Å². The smallest absolute Gasteiger partial charge is 0.131 e. The Morgan fingerprint density at radius 3 is 2.76 bits per heavy atom. The van der Waals surface area contributed by atoms with Gasteiger partial charge in [0, 0.05) is 18.2 Å². The Balaban J connectivity index is 1.94. The number of para-hydroxylation sites is 2. The molecular weight excluding hydrogens is 274 g/mol. The predicted octanol–water partition coefficient (Wildman–Crippen LogP) is 2.52. The number of hydrogen-bond acceptors (Lipinski definition) is 3. The number of aromatic nitrogens is 2. The van der Waals surface area contributed by atoms with Gasteiger partial charge in [0.05, 0.1) is 23.4 Å². The molecule has 0 aliphatic carbocycles. The van der Waals surface area contributed by atoms with Crippen molar-refractivity contribution in [1.82, 2.24) is 15.0 Å². The van der Waals surface area contributed by atoms with Gasteiger partial charge >= 0.3 is 0 Å². The molecule has 0 spiro atoms. The number of benzene rings is 2. The first-order valence-corrected chi connectivity index (χ1v) is 6.50. The maximum atomic E-state index is 13.9. The van der Waals surface area contributed by atoms with Crippen LogP contribution in [0, 0.1) is 11.6 Å². The van der Waals surface area contributed by atoms with Gasteiger partial charge in [-0.15, -0.1) is 0 Å². The van der Waals surface area contributed by atoms with E-state index in [1.165, 1.54) is 12.1 Å². The lowest BCUT2D eigenvalue weighted by Crippen LogP contribution is -2.31. The van der Waals surface area contributed by atoms with Gasteiger partial charge in [-0.1, -0.05) is 18.2 Å². The third-order valence-corrected chi connectivity index (χ3v) is 3.45. The summed E-state index contributed by atoms with van der Waals surface area (Å²) in [4.78, 5) is 4.28. The summed E-state index contributed by atoms with van der Waals surface area (Å²) in [6.45, 7) is 0.388. The highest BCUT2D eigenvalue weighted by Gasteiger charge is 2.16. The quantitative estimate of drug-likeness (QED) is 0.573. The fraction of sp³-hybridized carbons (Fsp3) is 0.133. The summed E-state index contributed by atoms with van der Waals surface area (Å²) in [5.74, 6) is 4.29. The zero-order valence-electron chi connectivity index (χ0n) is 11.1. The van der Waals surface area contributed by atoms with Crippen LogP contribution < -0.4 is 11.3 Å². The van der Waals surface area contributed by atoms with Gasteiger partial charge in [0.15, 0.2) is 0 Å². The molecule has 1 aromatic heterocycles. The molecule has 21 heavy (non-hydrogen) atoms. The van der Waals surface area contributed by atoms with Gasteiger partial charge in [-0.3, -0.25) is 11.3 Å². The molecule has 4 nitrogen and oxygen atoms in total. The summed E-state index contributed by atoms with van der Waals surface area (Å²) < 4.78 is 28.7. The molecule has 1 unspecified atom stereocenters. The van der Waals surface area contributed by atoms with Gasteiger partial charge in [-0.25, -0.2) is 13.8 Å². The van der Waals surface area contributed by atoms with Crippen molar-refractivity contribution in [3.05, 3.63) is 66.0 Å². The van der Waals surface area contributed by atoms with E-state index in [-0.39, 0.29) is 0 Å². The Morgan fingerprint density at radius 2 is 2.00 bits per heavy atom. The topological polar surface area (TPSA) is 55.9 Å². The Hall–Kier alpha value is -2.31. The van der Waals surface area contributed by atoms with Gasteiger partial charge in [-0.05, 0) is 18.2 Å². The molecule has 1 heterocycles. The molecule has 0 saturated carbocycles. The van der Waals surface area contributed by atoms with Crippen molar-refractivity contribution < 1.29 is 8.78 Å². The minimum atomic E-state index is -0.623. The molecule has 0 aliphatic heterocycles. The van der Waals surface area contributed by atoms with Crippen LogP contribution in [0.5, 0.6) is 0 Å². The van der Waals surface area contributed by atoms with Crippen LogP contribution in [0.15, 0.2) is 48.8 Å². The van der Waals surface area contributed by atoms with Gasteiger partial charge < -0.3 is 4.57 Å². The molecule has 0 bridgehead atoms. The molecule has 108 valence electrons. The van der Waals surface area contributed by atoms with Crippen LogP contribution in [0.1, 0.15) is 11.6 Å². The molecule has 3 rings (SSSR count). The third kappa shape index (κ3) is 2.63. The van der Waals surface area contributed by atoms with E-state index in [0.717, 1.165) is 17.1 Å². The number of imidazole rings is 1. The summed E-state index contributed by atoms with van der Waals surface area (Å²) in [5, 5.41) is 0. The largest absolute Gasteiger partial charge is 0.329 e. The van der Waals surface area contributed by atoms with Crippen molar-refractivity contribution in [1.29, 1.82) is 0 Å². The molecule has 0 aliphatic rings. The minimum Gasteiger partial charge on any atom is -0.329 e. The molecule has 3 N–H and O–H groups in total. The zero-order valence-corrected chi connectivity index (χ0v) is 11.1. The van der Waals surface area contributed by atoms with Crippen molar-refractivity contribution in [3.8, 4) is 0 Å². The van der Waals surface area contributed by atoms with E-state index in [4.69, 9.17) is 5.84 Å². The van der Waals surface area contributed by atoms with Crippen molar-refractivity contribution in [2.75, 3.05) is 0 Å². The number of hydrogen-bond donors (Lipinski definition) is 2. The Labute approximate surface area is 120 Å². The van der Waals surface area contributed by atoms with Crippen LogP contribution in [0.4, 0.5) is 8.78 Å². The maximum Gasteiger partial charge on any atom is 0.131 e. The normalized spacial score (nSPS) is 12.7. The Bertz CT molecular complexity index is 769. The van der Waals surface area contributed by atoms with Crippen molar-refractivity contribution in [2.45, 2.75) is 12.6 Å². The summed E-state index contributed by atoms with van der Waals surface area (Å²) in [5.41, 5.74) is 4.67. The fourth-order valence-corrected chi connectivity index (χ4v) is 2.38. The number of nitrogens with zero attached hydrogens (tertiary/aromatic N) is 2. The number of rotatable bonds is 4. The van der Waals surface area contributed by atoms with E-state index >= 15 is 0 Å². The van der Waals surface area contributed by atoms with E-state index < -0.39 is 17.7 Å². The lowest BCUT2D eigenvalue weighted by molar-refractivity contribution is 0.455. The van der Waals surface area contributed by atoms with Crippen LogP contribution in [0.3, 0.4) is 0 Å². The summed E-state index contributed by atoms with van der Waals surface area (Å²) >= 11 is 0. The number of nitrogens with two attached hydrogens (primary N) is 1. The van der Waals surface area contributed by atoms with Gasteiger partial charge in [0.1, 0.15) is 11.6 Å². The Morgan fingerprint density at radius 1 is 1.19 bits per heavy atom. The maximum absolute atomic E-state index is 13.9. The van der Waals surface area contributed by atoms with E-state index in [1.807, 2.05) is 28.8 Å². The predicted molar refractivity (Wildman–Crippen MR) is 76.2 cm³/mol. The molecule has 0 radical (unpaired) electrons. The average molecular weight is 288 g/mol. The standard InChI is InChI=1S/C15H14F2N4/c16-10-5-6-11(12(17)7-10)14(20-18)8-21-9-19-13-3-1-2-4-15(13)21/h1-7,9,14,20H,8,18H2. The first-order valence-electron chi connectivity index (χ1n) is 6.50. The van der Waals surface area contributed by atoms with E-state index in [0.29, 0.717) is 12.1 Å². The number of halogens is 2. The highest BCUT2D eigenvalue weighted by molar-refractivity contribution is 5.74. The van der Waals surface area contributed by atoms with Gasteiger partial charge in [-0.2, -0.15) is 0 Å². The molecule has 0 saturated heterocycles. The van der Waals surface area contributed by atoms with Crippen LogP contribution in [-0.2, 0) is 6.54 Å². The highest BCUT2D eigenvalue weighted by atomic mass is 19.1. The molecule has 1 atom stereocenters. The average Bonchev–Trinajstić information content (AvgIpc) is 2.89. The summed E-state index contributed by atoms with van der Waals surface area (Å²) in [7, 11) is 0.